The molecule has 1 heterocycles. The summed E-state index contributed by atoms with van der Waals surface area (Å²) in [5.41, 5.74) is 1.05. The molecule has 1 amide bonds. The minimum Gasteiger partial charge on any atom is -0.496 e. The van der Waals surface area contributed by atoms with Crippen LogP contribution in [0.1, 0.15) is 18.4 Å². The Hall–Kier alpha value is -1.55. The van der Waals surface area contributed by atoms with E-state index in [1.165, 1.54) is 0 Å². The summed E-state index contributed by atoms with van der Waals surface area (Å²) in [6.45, 7) is 1.15. The van der Waals surface area contributed by atoms with Gasteiger partial charge in [0.05, 0.1) is 13.2 Å². The van der Waals surface area contributed by atoms with Gasteiger partial charge in [-0.3, -0.25) is 4.79 Å². The van der Waals surface area contributed by atoms with E-state index in [1.54, 1.807) is 12.0 Å². The highest BCUT2D eigenvalue weighted by Gasteiger charge is 2.24. The van der Waals surface area contributed by atoms with Gasteiger partial charge in [0.15, 0.2) is 0 Å². The quantitative estimate of drug-likeness (QED) is 0.873. The van der Waals surface area contributed by atoms with Crippen molar-refractivity contribution < 1.29 is 14.6 Å². The van der Waals surface area contributed by atoms with Crippen molar-refractivity contribution in [2.45, 2.75) is 25.4 Å². The SMILES string of the molecule is COc1ccccc1CCC(=O)N1CC[C@@H](O)C1. The third kappa shape index (κ3) is 3.01. The zero-order valence-corrected chi connectivity index (χ0v) is 10.6. The second-order valence-corrected chi connectivity index (χ2v) is 4.59. The molecule has 4 nitrogen and oxygen atoms in total. The van der Waals surface area contributed by atoms with Crippen LogP contribution in [-0.2, 0) is 11.2 Å². The molecule has 0 radical (unpaired) electrons. The van der Waals surface area contributed by atoms with Crippen LogP contribution in [0.25, 0.3) is 0 Å². The normalized spacial score (nSPS) is 19.0. The largest absolute Gasteiger partial charge is 0.496 e. The number of carbonyl (C=O) groups is 1. The maximum atomic E-state index is 11.9. The number of aliphatic hydroxyl groups excluding tert-OH is 1. The molecule has 0 spiro atoms. The summed E-state index contributed by atoms with van der Waals surface area (Å²) in [4.78, 5) is 13.7. The molecule has 18 heavy (non-hydrogen) atoms. The highest BCUT2D eigenvalue weighted by Crippen LogP contribution is 2.20. The lowest BCUT2D eigenvalue weighted by Gasteiger charge is -2.15. The standard InChI is InChI=1S/C14H19NO3/c1-18-13-5-3-2-4-11(13)6-7-14(17)15-9-8-12(16)10-15/h2-5,12,16H,6-10H2,1H3/t12-/m1/s1. The molecule has 0 aliphatic carbocycles. The summed E-state index contributed by atoms with van der Waals surface area (Å²) >= 11 is 0. The lowest BCUT2D eigenvalue weighted by Crippen LogP contribution is -2.29. The molecule has 0 saturated carbocycles. The fourth-order valence-corrected chi connectivity index (χ4v) is 2.28. The molecule has 0 unspecified atom stereocenters. The Morgan fingerprint density at radius 2 is 2.28 bits per heavy atom. The van der Waals surface area contributed by atoms with Crippen LogP contribution in [0, 0.1) is 0 Å². The number of carbonyl (C=O) groups excluding carboxylic acids is 1. The van der Waals surface area contributed by atoms with Crippen molar-refractivity contribution in [3.05, 3.63) is 29.8 Å². The van der Waals surface area contributed by atoms with Crippen molar-refractivity contribution in [2.75, 3.05) is 20.2 Å². The molecule has 0 aromatic heterocycles. The number of nitrogens with zero attached hydrogens (tertiary/aromatic N) is 1. The lowest BCUT2D eigenvalue weighted by molar-refractivity contribution is -0.130. The predicted molar refractivity (Wildman–Crippen MR) is 68.5 cm³/mol. The first-order chi connectivity index (χ1) is 8.70. The topological polar surface area (TPSA) is 49.8 Å². The van der Waals surface area contributed by atoms with Crippen molar-refractivity contribution >= 4 is 5.91 Å². The second kappa shape index (κ2) is 5.87. The molecule has 1 fully saturated rings. The van der Waals surface area contributed by atoms with E-state index in [1.807, 2.05) is 24.3 Å². The van der Waals surface area contributed by atoms with Crippen LogP contribution in [0.3, 0.4) is 0 Å². The molecule has 1 atom stereocenters. The van der Waals surface area contributed by atoms with E-state index < -0.39 is 0 Å². The number of benzene rings is 1. The Balaban J connectivity index is 1.89. The second-order valence-electron chi connectivity index (χ2n) is 4.59. The third-order valence-electron chi connectivity index (χ3n) is 3.32. The van der Waals surface area contributed by atoms with Crippen molar-refractivity contribution in [3.63, 3.8) is 0 Å². The average Bonchev–Trinajstić information content (AvgIpc) is 2.83. The molecule has 0 bridgehead atoms. The summed E-state index contributed by atoms with van der Waals surface area (Å²) in [5, 5.41) is 9.40. The molecule has 2 rings (SSSR count). The van der Waals surface area contributed by atoms with E-state index in [-0.39, 0.29) is 12.0 Å². The molecule has 1 aliphatic heterocycles. The van der Waals surface area contributed by atoms with Gasteiger partial charge in [-0.15, -0.1) is 0 Å². The van der Waals surface area contributed by atoms with Gasteiger partial charge in [-0.05, 0) is 24.5 Å². The lowest BCUT2D eigenvalue weighted by atomic mass is 10.1. The molecule has 1 aliphatic rings. The van der Waals surface area contributed by atoms with E-state index in [4.69, 9.17) is 4.74 Å². The number of aliphatic hydroxyl groups is 1. The number of rotatable bonds is 4. The predicted octanol–water partition coefficient (Wildman–Crippen LogP) is 1.22. The number of likely N-dealkylation sites (tertiary alicyclic amines) is 1. The zero-order valence-electron chi connectivity index (χ0n) is 10.6. The van der Waals surface area contributed by atoms with Crippen LogP contribution in [0.2, 0.25) is 0 Å². The first kappa shape index (κ1) is 12.9. The van der Waals surface area contributed by atoms with Gasteiger partial charge in [0.2, 0.25) is 5.91 Å². The van der Waals surface area contributed by atoms with Crippen molar-refractivity contribution in [2.24, 2.45) is 0 Å². The molecule has 1 aromatic carbocycles. The van der Waals surface area contributed by atoms with Crippen LogP contribution >= 0.6 is 0 Å². The van der Waals surface area contributed by atoms with Crippen LogP contribution in [0.15, 0.2) is 24.3 Å². The van der Waals surface area contributed by atoms with E-state index in [0.717, 1.165) is 11.3 Å². The summed E-state index contributed by atoms with van der Waals surface area (Å²) in [5.74, 6) is 0.934. The van der Waals surface area contributed by atoms with Crippen LogP contribution in [0.5, 0.6) is 5.75 Å². The number of hydrogen-bond acceptors (Lipinski definition) is 3. The summed E-state index contributed by atoms with van der Waals surface area (Å²) < 4.78 is 5.26. The average molecular weight is 249 g/mol. The monoisotopic (exact) mass is 249 g/mol. The number of amides is 1. The van der Waals surface area contributed by atoms with Gasteiger partial charge in [-0.1, -0.05) is 18.2 Å². The van der Waals surface area contributed by atoms with Crippen LogP contribution in [-0.4, -0.2) is 42.2 Å². The molecule has 98 valence electrons. The molecular weight excluding hydrogens is 230 g/mol. The van der Waals surface area contributed by atoms with Gasteiger partial charge in [-0.2, -0.15) is 0 Å². The van der Waals surface area contributed by atoms with Gasteiger partial charge < -0.3 is 14.7 Å². The van der Waals surface area contributed by atoms with Gasteiger partial charge in [-0.25, -0.2) is 0 Å². The Morgan fingerprint density at radius 3 is 2.94 bits per heavy atom. The highest BCUT2D eigenvalue weighted by molar-refractivity contribution is 5.76. The van der Waals surface area contributed by atoms with Crippen LogP contribution in [0.4, 0.5) is 0 Å². The minimum atomic E-state index is -0.347. The molecule has 1 aromatic rings. The minimum absolute atomic E-state index is 0.109. The Bertz CT molecular complexity index is 419. The van der Waals surface area contributed by atoms with Gasteiger partial charge in [0, 0.05) is 19.5 Å². The number of para-hydroxylation sites is 1. The van der Waals surface area contributed by atoms with Crippen molar-refractivity contribution in [1.82, 2.24) is 4.90 Å². The summed E-state index contributed by atoms with van der Waals surface area (Å²) in [6.07, 6.45) is 1.49. The van der Waals surface area contributed by atoms with Crippen LogP contribution < -0.4 is 4.74 Å². The Kier molecular flexibility index (Phi) is 4.20. The number of β-amino-alcohol motifs (C(OH)–C–C–N with tert-alkyl or cyclic N) is 1. The number of ether oxygens (including phenoxy) is 1. The van der Waals surface area contributed by atoms with Crippen molar-refractivity contribution in [1.29, 1.82) is 0 Å². The van der Waals surface area contributed by atoms with E-state index in [0.29, 0.717) is 32.4 Å². The summed E-state index contributed by atoms with van der Waals surface area (Å²) in [6, 6.07) is 7.74. The maximum absolute atomic E-state index is 11.9. The first-order valence-corrected chi connectivity index (χ1v) is 6.28. The number of methoxy groups -OCH3 is 1. The molecule has 4 heteroatoms. The van der Waals surface area contributed by atoms with E-state index in [9.17, 15) is 9.90 Å². The first-order valence-electron chi connectivity index (χ1n) is 6.28. The number of aryl methyl sites for hydroxylation is 1. The Labute approximate surface area is 107 Å². The fourth-order valence-electron chi connectivity index (χ4n) is 2.28. The highest BCUT2D eigenvalue weighted by atomic mass is 16.5. The fraction of sp³-hybridized carbons (Fsp3) is 0.500. The molecule has 1 N–H and O–H groups in total. The van der Waals surface area contributed by atoms with Crippen molar-refractivity contribution in [3.8, 4) is 5.75 Å². The zero-order chi connectivity index (χ0) is 13.0. The summed E-state index contributed by atoms with van der Waals surface area (Å²) in [7, 11) is 1.64. The Morgan fingerprint density at radius 1 is 1.50 bits per heavy atom. The molecular formula is C14H19NO3. The van der Waals surface area contributed by atoms with Gasteiger partial charge in [0.1, 0.15) is 5.75 Å². The van der Waals surface area contributed by atoms with Gasteiger partial charge in [0.25, 0.3) is 0 Å². The number of hydrogen-bond donors (Lipinski definition) is 1. The van der Waals surface area contributed by atoms with Gasteiger partial charge >= 0.3 is 0 Å². The maximum Gasteiger partial charge on any atom is 0.222 e. The third-order valence-corrected chi connectivity index (χ3v) is 3.32. The smallest absolute Gasteiger partial charge is 0.222 e. The molecule has 1 saturated heterocycles. The van der Waals surface area contributed by atoms with E-state index >= 15 is 0 Å². The van der Waals surface area contributed by atoms with E-state index in [2.05, 4.69) is 0 Å².